The quantitative estimate of drug-likeness (QED) is 0.127. The van der Waals surface area contributed by atoms with Gasteiger partial charge in [0, 0.05) is 18.5 Å². The molecule has 0 aromatic heterocycles. The topological polar surface area (TPSA) is 70.7 Å². The summed E-state index contributed by atoms with van der Waals surface area (Å²) in [6, 6.07) is 40.1. The molecule has 6 heteroatoms. The Morgan fingerprint density at radius 2 is 1.32 bits per heavy atom. The van der Waals surface area contributed by atoms with Crippen LogP contribution >= 0.6 is 0 Å². The van der Waals surface area contributed by atoms with Gasteiger partial charge in [-0.25, -0.2) is 4.79 Å². The first-order chi connectivity index (χ1) is 20.1. The number of fused-ring (bicyclic) bond motifs is 1. The second kappa shape index (κ2) is 11.7. The van der Waals surface area contributed by atoms with Crippen molar-refractivity contribution in [1.82, 2.24) is 15.5 Å². The van der Waals surface area contributed by atoms with E-state index in [-0.39, 0.29) is 36.7 Å². The molecule has 0 bridgehead atoms. The molecule has 4 aromatic rings. The van der Waals surface area contributed by atoms with Crippen molar-refractivity contribution in [3.05, 3.63) is 144 Å². The number of β-lactam (4-membered cyclic amide) rings is 1. The van der Waals surface area contributed by atoms with E-state index in [1.807, 2.05) is 48.5 Å². The molecule has 41 heavy (non-hydrogen) atoms. The zero-order valence-electron chi connectivity index (χ0n) is 23.1. The van der Waals surface area contributed by atoms with E-state index in [9.17, 15) is 9.59 Å². The van der Waals surface area contributed by atoms with Crippen LogP contribution in [-0.2, 0) is 26.5 Å². The summed E-state index contributed by atoms with van der Waals surface area (Å²) < 4.78 is 5.74. The fourth-order valence-electron chi connectivity index (χ4n) is 6.44. The first-order valence-corrected chi connectivity index (χ1v) is 14.3. The van der Waals surface area contributed by atoms with Crippen LogP contribution in [0.2, 0.25) is 0 Å². The van der Waals surface area contributed by atoms with Crippen LogP contribution in [0, 0.1) is 0 Å². The van der Waals surface area contributed by atoms with E-state index < -0.39 is 11.6 Å². The number of amides is 1. The van der Waals surface area contributed by atoms with Crippen LogP contribution in [0.1, 0.15) is 42.0 Å². The molecule has 6 rings (SSSR count). The van der Waals surface area contributed by atoms with Crippen LogP contribution in [0.3, 0.4) is 0 Å². The molecule has 0 saturated carbocycles. The maximum absolute atomic E-state index is 13.4. The lowest BCUT2D eigenvalue weighted by Gasteiger charge is -2.41. The number of nitrogens with one attached hydrogen (secondary N) is 2. The van der Waals surface area contributed by atoms with Crippen LogP contribution in [0.25, 0.3) is 0 Å². The van der Waals surface area contributed by atoms with Gasteiger partial charge >= 0.3 is 5.97 Å². The standard InChI is InChI=1S/C35H35N3O3/c1-25(36-31-22-30-23-32(39)38(30)33(31)34(40)41-24-26-14-6-2-7-15-26)37-35(27-16-8-3-9-17-27,28-18-10-4-11-19-28)29-20-12-5-13-21-29/h2-21,25,30-31,33,36-37H,22-24H2,1H3. The van der Waals surface area contributed by atoms with Crippen molar-refractivity contribution in [2.75, 3.05) is 0 Å². The van der Waals surface area contributed by atoms with E-state index in [1.165, 1.54) is 0 Å². The molecule has 2 aliphatic rings. The molecule has 2 fully saturated rings. The summed E-state index contributed by atoms with van der Waals surface area (Å²) in [6.07, 6.45) is 0.960. The lowest BCUT2D eigenvalue weighted by atomic mass is 9.77. The minimum Gasteiger partial charge on any atom is -0.459 e. The van der Waals surface area contributed by atoms with Crippen molar-refractivity contribution in [3.8, 4) is 0 Å². The van der Waals surface area contributed by atoms with Gasteiger partial charge < -0.3 is 9.64 Å². The number of carbonyl (C=O) groups is 2. The zero-order valence-corrected chi connectivity index (χ0v) is 23.1. The lowest BCUT2D eigenvalue weighted by Crippen LogP contribution is -2.60. The highest BCUT2D eigenvalue weighted by molar-refractivity contribution is 5.91. The molecule has 2 N–H and O–H groups in total. The molecular weight excluding hydrogens is 510 g/mol. The van der Waals surface area contributed by atoms with Gasteiger partial charge in [-0.15, -0.1) is 0 Å². The number of hydrogen-bond donors (Lipinski definition) is 2. The van der Waals surface area contributed by atoms with Gasteiger partial charge in [-0.05, 0) is 35.6 Å². The van der Waals surface area contributed by atoms with Crippen molar-refractivity contribution in [2.45, 2.75) is 56.2 Å². The molecule has 2 heterocycles. The maximum Gasteiger partial charge on any atom is 0.330 e. The number of carbonyl (C=O) groups excluding carboxylic acids is 2. The summed E-state index contributed by atoms with van der Waals surface area (Å²) in [6.45, 7) is 2.26. The van der Waals surface area contributed by atoms with Gasteiger partial charge in [0.15, 0.2) is 0 Å². The van der Waals surface area contributed by atoms with Gasteiger partial charge in [0.2, 0.25) is 5.91 Å². The van der Waals surface area contributed by atoms with Gasteiger partial charge in [0.05, 0.1) is 11.7 Å². The average molecular weight is 546 g/mol. The highest BCUT2D eigenvalue weighted by Crippen LogP contribution is 2.39. The molecular formula is C35H35N3O3. The van der Waals surface area contributed by atoms with Crippen LogP contribution in [0.4, 0.5) is 0 Å². The van der Waals surface area contributed by atoms with E-state index in [0.717, 1.165) is 22.3 Å². The van der Waals surface area contributed by atoms with Gasteiger partial charge in [0.25, 0.3) is 0 Å². The summed E-state index contributed by atoms with van der Waals surface area (Å²) in [7, 11) is 0. The third kappa shape index (κ3) is 5.29. The molecule has 208 valence electrons. The van der Waals surface area contributed by atoms with Gasteiger partial charge in [-0.1, -0.05) is 121 Å². The molecule has 2 saturated heterocycles. The second-order valence-corrected chi connectivity index (χ2v) is 10.9. The molecule has 6 nitrogen and oxygen atoms in total. The zero-order chi connectivity index (χ0) is 28.2. The Hall–Kier alpha value is -4.26. The van der Waals surface area contributed by atoms with E-state index in [1.54, 1.807) is 4.90 Å². The van der Waals surface area contributed by atoms with Crippen molar-refractivity contribution in [2.24, 2.45) is 0 Å². The number of ether oxygens (including phenoxy) is 1. The molecule has 0 aliphatic carbocycles. The predicted octanol–water partition coefficient (Wildman–Crippen LogP) is 4.99. The summed E-state index contributed by atoms with van der Waals surface area (Å²) in [5.74, 6) is -0.358. The monoisotopic (exact) mass is 545 g/mol. The third-order valence-corrected chi connectivity index (χ3v) is 8.28. The van der Waals surface area contributed by atoms with Crippen LogP contribution in [0.15, 0.2) is 121 Å². The number of hydrogen-bond acceptors (Lipinski definition) is 5. The third-order valence-electron chi connectivity index (χ3n) is 8.28. The average Bonchev–Trinajstić information content (AvgIpc) is 3.31. The minimum atomic E-state index is -0.660. The molecule has 2 aliphatic heterocycles. The Morgan fingerprint density at radius 1 is 0.829 bits per heavy atom. The molecule has 4 aromatic carbocycles. The second-order valence-electron chi connectivity index (χ2n) is 10.9. The van der Waals surface area contributed by atoms with E-state index in [4.69, 9.17) is 4.74 Å². The molecule has 4 atom stereocenters. The van der Waals surface area contributed by atoms with Crippen LogP contribution in [0.5, 0.6) is 0 Å². The summed E-state index contributed by atoms with van der Waals surface area (Å²) in [5.41, 5.74) is 3.58. The normalized spacial score (nSPS) is 20.7. The van der Waals surface area contributed by atoms with E-state index in [2.05, 4.69) is 90.4 Å². The van der Waals surface area contributed by atoms with Crippen molar-refractivity contribution < 1.29 is 14.3 Å². The molecule has 0 spiro atoms. The Kier molecular flexibility index (Phi) is 7.68. The number of nitrogens with zero attached hydrogens (tertiary/aromatic N) is 1. The summed E-state index contributed by atoms with van der Waals surface area (Å²) in [5, 5.41) is 7.61. The predicted molar refractivity (Wildman–Crippen MR) is 159 cm³/mol. The molecule has 0 radical (unpaired) electrons. The lowest BCUT2D eigenvalue weighted by molar-refractivity contribution is -0.161. The first kappa shape index (κ1) is 26.9. The summed E-state index contributed by atoms with van der Waals surface area (Å²) in [4.78, 5) is 27.7. The van der Waals surface area contributed by atoms with E-state index >= 15 is 0 Å². The molecule has 4 unspecified atom stereocenters. The van der Waals surface area contributed by atoms with Crippen LogP contribution < -0.4 is 10.6 Å². The van der Waals surface area contributed by atoms with Gasteiger partial charge in [0.1, 0.15) is 12.6 Å². The van der Waals surface area contributed by atoms with Crippen molar-refractivity contribution in [3.63, 3.8) is 0 Å². The van der Waals surface area contributed by atoms with E-state index in [0.29, 0.717) is 12.8 Å². The SMILES string of the molecule is CC(NC1CC2CC(=O)N2C1C(=O)OCc1ccccc1)NC(c1ccccc1)(c1ccccc1)c1ccccc1. The summed E-state index contributed by atoms with van der Waals surface area (Å²) >= 11 is 0. The van der Waals surface area contributed by atoms with Crippen LogP contribution in [-0.4, -0.2) is 41.1 Å². The smallest absolute Gasteiger partial charge is 0.330 e. The van der Waals surface area contributed by atoms with Crippen molar-refractivity contribution in [1.29, 1.82) is 0 Å². The number of benzene rings is 4. The Bertz CT molecular complexity index is 1370. The highest BCUT2D eigenvalue weighted by Gasteiger charge is 2.55. The highest BCUT2D eigenvalue weighted by atomic mass is 16.5. The number of esters is 1. The molecule has 1 amide bonds. The van der Waals surface area contributed by atoms with Gasteiger partial charge in [-0.2, -0.15) is 0 Å². The Labute approximate surface area is 241 Å². The fraction of sp³-hybridized carbons (Fsp3) is 0.257. The van der Waals surface area contributed by atoms with Crippen molar-refractivity contribution >= 4 is 11.9 Å². The fourth-order valence-corrected chi connectivity index (χ4v) is 6.44. The first-order valence-electron chi connectivity index (χ1n) is 14.3. The Morgan fingerprint density at radius 3 is 1.80 bits per heavy atom. The number of rotatable bonds is 10. The maximum atomic E-state index is 13.4. The Balaban J connectivity index is 1.29. The van der Waals surface area contributed by atoms with Gasteiger partial charge in [-0.3, -0.25) is 15.4 Å². The largest absolute Gasteiger partial charge is 0.459 e. The minimum absolute atomic E-state index is 0.00813.